The fraction of sp³-hybridized carbons (Fsp3) is 0.368. The van der Waals surface area contributed by atoms with Crippen molar-refractivity contribution in [1.29, 1.82) is 0 Å². The number of rotatable bonds is 4. The van der Waals surface area contributed by atoms with Crippen LogP contribution in [-0.2, 0) is 15.0 Å². The van der Waals surface area contributed by atoms with Gasteiger partial charge in [-0.1, -0.05) is 0 Å². The Labute approximate surface area is 169 Å². The maximum Gasteiger partial charge on any atom is 0.282 e. The Hall–Kier alpha value is -3.21. The van der Waals surface area contributed by atoms with Crippen molar-refractivity contribution in [2.24, 2.45) is 16.6 Å². The first-order chi connectivity index (χ1) is 14.3. The number of aromatic nitrogens is 2. The van der Waals surface area contributed by atoms with E-state index < -0.39 is 29.4 Å². The third-order valence-corrected chi connectivity index (χ3v) is 5.29. The van der Waals surface area contributed by atoms with Crippen LogP contribution in [0.15, 0.2) is 35.6 Å². The summed E-state index contributed by atoms with van der Waals surface area (Å²) in [6.07, 6.45) is -1.24. The normalized spacial score (nSPS) is 25.4. The summed E-state index contributed by atoms with van der Waals surface area (Å²) >= 11 is 0. The van der Waals surface area contributed by atoms with Gasteiger partial charge in [0.15, 0.2) is 0 Å². The molecule has 0 aliphatic carbocycles. The average Bonchev–Trinajstić information content (AvgIpc) is 3.06. The van der Waals surface area contributed by atoms with Gasteiger partial charge in [0.05, 0.1) is 37.6 Å². The zero-order chi connectivity index (χ0) is 21.5. The first-order valence-corrected chi connectivity index (χ1v) is 9.11. The molecule has 4 rings (SSSR count). The minimum atomic E-state index is -2.79. The van der Waals surface area contributed by atoms with Crippen molar-refractivity contribution in [2.45, 2.75) is 25.0 Å². The zero-order valence-electron chi connectivity index (χ0n) is 15.8. The molecule has 30 heavy (non-hydrogen) atoms. The number of nitrogens with one attached hydrogen (secondary N) is 1. The molecule has 2 aliphatic heterocycles. The van der Waals surface area contributed by atoms with Gasteiger partial charge < -0.3 is 20.5 Å². The molecule has 1 amide bonds. The van der Waals surface area contributed by atoms with Crippen molar-refractivity contribution in [1.82, 2.24) is 9.97 Å². The number of amidine groups is 1. The highest BCUT2D eigenvalue weighted by atomic mass is 19.3. The largest absolute Gasteiger partial charge is 0.465 e. The molecule has 1 saturated heterocycles. The molecule has 1 aromatic carbocycles. The second-order valence-electron chi connectivity index (χ2n) is 7.08. The molecule has 2 aromatic rings. The van der Waals surface area contributed by atoms with Crippen LogP contribution in [0.2, 0.25) is 0 Å². The third-order valence-electron chi connectivity index (χ3n) is 5.29. The van der Waals surface area contributed by atoms with Crippen LogP contribution in [0.5, 0.6) is 0 Å². The summed E-state index contributed by atoms with van der Waals surface area (Å²) in [5, 5.41) is 2.57. The number of halogens is 3. The first kappa shape index (κ1) is 20.1. The monoisotopic (exact) mass is 421 g/mol. The number of ether oxygens (including phenoxy) is 2. The smallest absolute Gasteiger partial charge is 0.282 e. The Morgan fingerprint density at radius 3 is 2.83 bits per heavy atom. The fourth-order valence-corrected chi connectivity index (χ4v) is 3.70. The fourth-order valence-electron chi connectivity index (χ4n) is 3.70. The number of anilines is 1. The average molecular weight is 421 g/mol. The minimum Gasteiger partial charge on any atom is -0.465 e. The highest BCUT2D eigenvalue weighted by Gasteiger charge is 2.53. The molecular formula is C19H18F3N5O3. The van der Waals surface area contributed by atoms with Crippen LogP contribution >= 0.6 is 0 Å². The quantitative estimate of drug-likeness (QED) is 0.784. The molecule has 0 saturated carbocycles. The Morgan fingerprint density at radius 1 is 1.33 bits per heavy atom. The summed E-state index contributed by atoms with van der Waals surface area (Å²) in [4.78, 5) is 24.0. The van der Waals surface area contributed by atoms with E-state index in [0.29, 0.717) is 0 Å². The number of fused-ring (bicyclic) bond motifs is 1. The van der Waals surface area contributed by atoms with Gasteiger partial charge >= 0.3 is 0 Å². The standard InChI is InChI=1S/C19H18F3N5O3/c1-9-12-7-29-18(23)27-19(12,8-30-9)11-4-10(2-3-13(11)20)26-17(28)15-6-24-14(5-25-15)16(21)22/h2-6,9,12,16H,7-8H2,1H3,(H2,23,27)(H,26,28)/t9-,12-,19-/m1/s1. The van der Waals surface area contributed by atoms with Crippen molar-refractivity contribution in [2.75, 3.05) is 18.5 Å². The molecule has 11 heteroatoms. The summed E-state index contributed by atoms with van der Waals surface area (Å²) in [6.45, 7) is 2.18. The maximum atomic E-state index is 14.8. The summed E-state index contributed by atoms with van der Waals surface area (Å²) < 4.78 is 51.0. The van der Waals surface area contributed by atoms with Gasteiger partial charge in [0, 0.05) is 11.3 Å². The summed E-state index contributed by atoms with van der Waals surface area (Å²) in [5.41, 5.74) is 4.45. The lowest BCUT2D eigenvalue weighted by Gasteiger charge is -2.35. The number of alkyl halides is 2. The van der Waals surface area contributed by atoms with E-state index in [1.54, 1.807) is 0 Å². The molecule has 0 spiro atoms. The Kier molecular flexibility index (Phi) is 5.06. The summed E-state index contributed by atoms with van der Waals surface area (Å²) in [7, 11) is 0. The number of benzene rings is 1. The van der Waals surface area contributed by atoms with Gasteiger partial charge in [-0.3, -0.25) is 9.78 Å². The summed E-state index contributed by atoms with van der Waals surface area (Å²) in [5.74, 6) is -1.48. The van der Waals surface area contributed by atoms with Crippen LogP contribution in [0.3, 0.4) is 0 Å². The molecule has 2 aliphatic rings. The van der Waals surface area contributed by atoms with Crippen molar-refractivity contribution in [3.8, 4) is 0 Å². The van der Waals surface area contributed by atoms with Crippen molar-refractivity contribution < 1.29 is 27.4 Å². The predicted octanol–water partition coefficient (Wildman–Crippen LogP) is 2.38. The van der Waals surface area contributed by atoms with Gasteiger partial charge in [0.1, 0.15) is 22.7 Å². The maximum absolute atomic E-state index is 14.8. The highest BCUT2D eigenvalue weighted by molar-refractivity contribution is 6.02. The molecule has 3 atom stereocenters. The predicted molar refractivity (Wildman–Crippen MR) is 99.5 cm³/mol. The van der Waals surface area contributed by atoms with Crippen LogP contribution in [0.25, 0.3) is 0 Å². The van der Waals surface area contributed by atoms with Gasteiger partial charge in [-0.25, -0.2) is 23.1 Å². The number of hydrogen-bond donors (Lipinski definition) is 2. The van der Waals surface area contributed by atoms with Crippen LogP contribution in [-0.4, -0.2) is 41.2 Å². The van der Waals surface area contributed by atoms with Crippen LogP contribution < -0.4 is 11.1 Å². The van der Waals surface area contributed by atoms with Gasteiger partial charge in [0.25, 0.3) is 18.4 Å². The van der Waals surface area contributed by atoms with Gasteiger partial charge in [-0.2, -0.15) is 0 Å². The lowest BCUT2D eigenvalue weighted by molar-refractivity contribution is 0.0865. The first-order valence-electron chi connectivity index (χ1n) is 9.11. The third kappa shape index (κ3) is 3.45. The summed E-state index contributed by atoms with van der Waals surface area (Å²) in [6, 6.07) is 3.96. The van der Waals surface area contributed by atoms with Gasteiger partial charge in [-0.15, -0.1) is 0 Å². The lowest BCUT2D eigenvalue weighted by Crippen LogP contribution is -2.45. The van der Waals surface area contributed by atoms with E-state index in [-0.39, 0.29) is 48.2 Å². The second-order valence-corrected chi connectivity index (χ2v) is 7.08. The number of hydrogen-bond acceptors (Lipinski definition) is 7. The van der Waals surface area contributed by atoms with E-state index in [2.05, 4.69) is 20.3 Å². The van der Waals surface area contributed by atoms with Gasteiger partial charge in [-0.05, 0) is 25.1 Å². The van der Waals surface area contributed by atoms with Crippen molar-refractivity contribution in [3.05, 3.63) is 53.4 Å². The number of nitrogens with zero attached hydrogens (tertiary/aromatic N) is 3. The number of nitrogens with two attached hydrogens (primary N) is 1. The molecule has 1 aromatic heterocycles. The van der Waals surface area contributed by atoms with E-state index in [9.17, 15) is 18.0 Å². The van der Waals surface area contributed by atoms with Crippen molar-refractivity contribution >= 4 is 17.6 Å². The second kappa shape index (κ2) is 7.56. The molecular weight excluding hydrogens is 403 g/mol. The lowest BCUT2D eigenvalue weighted by atomic mass is 9.78. The van der Waals surface area contributed by atoms with E-state index in [1.807, 2.05) is 6.92 Å². The van der Waals surface area contributed by atoms with Crippen LogP contribution in [0.1, 0.15) is 35.1 Å². The molecule has 0 unspecified atom stereocenters. The van der Waals surface area contributed by atoms with Crippen LogP contribution in [0, 0.1) is 11.7 Å². The number of amides is 1. The van der Waals surface area contributed by atoms with Crippen molar-refractivity contribution in [3.63, 3.8) is 0 Å². The van der Waals surface area contributed by atoms with E-state index in [1.165, 1.54) is 18.2 Å². The molecule has 8 nitrogen and oxygen atoms in total. The molecule has 1 fully saturated rings. The Balaban J connectivity index is 1.64. The van der Waals surface area contributed by atoms with Crippen LogP contribution in [0.4, 0.5) is 18.9 Å². The van der Waals surface area contributed by atoms with Gasteiger partial charge in [0.2, 0.25) is 0 Å². The van der Waals surface area contributed by atoms with E-state index in [0.717, 1.165) is 12.4 Å². The highest BCUT2D eigenvalue weighted by Crippen LogP contribution is 2.46. The Bertz CT molecular complexity index is 1000. The number of carbonyl (C=O) groups excluding carboxylic acids is 1. The Morgan fingerprint density at radius 2 is 2.13 bits per heavy atom. The SMILES string of the molecule is C[C@H]1OC[C@]2(c3cc(NC(=O)c4cnc(C(F)F)cn4)ccc3F)N=C(N)OC[C@H]12. The molecule has 0 bridgehead atoms. The molecule has 3 N–H and O–H groups in total. The number of aliphatic imine (C=N–C) groups is 1. The topological polar surface area (TPSA) is 112 Å². The van der Waals surface area contributed by atoms with E-state index in [4.69, 9.17) is 15.2 Å². The zero-order valence-corrected chi connectivity index (χ0v) is 15.8. The molecule has 0 radical (unpaired) electrons. The number of carbonyl (C=O) groups is 1. The molecule has 158 valence electrons. The van der Waals surface area contributed by atoms with E-state index >= 15 is 0 Å². The minimum absolute atomic E-state index is 0.0628. The molecule has 3 heterocycles.